The Bertz CT molecular complexity index is 1240. The molecule has 0 saturated carbocycles. The van der Waals surface area contributed by atoms with Crippen molar-refractivity contribution in [3.63, 3.8) is 0 Å². The number of hydrogen-bond acceptors (Lipinski definition) is 7. The molecule has 4 rings (SSSR count). The van der Waals surface area contributed by atoms with E-state index >= 15 is 0 Å². The number of methoxy groups -OCH3 is 3. The fraction of sp³-hybridized carbons (Fsp3) is 0.276. The van der Waals surface area contributed by atoms with Gasteiger partial charge in [0.05, 0.1) is 33.5 Å². The molecule has 3 aromatic rings. The lowest BCUT2D eigenvalue weighted by Crippen LogP contribution is -2.29. The summed E-state index contributed by atoms with van der Waals surface area (Å²) in [5.74, 6) is -0.252. The van der Waals surface area contributed by atoms with Crippen molar-refractivity contribution in [2.24, 2.45) is 0 Å². The maximum absolute atomic E-state index is 13.3. The molecule has 0 bridgehead atoms. The van der Waals surface area contributed by atoms with Crippen LogP contribution in [-0.2, 0) is 21.7 Å². The Hall–Kier alpha value is -3.97. The summed E-state index contributed by atoms with van der Waals surface area (Å²) in [5, 5.41) is 11.9. The lowest BCUT2D eigenvalue weighted by atomic mass is 9.88. The molecule has 1 aliphatic rings. The van der Waals surface area contributed by atoms with Gasteiger partial charge in [-0.25, -0.2) is 4.79 Å². The number of benzene rings is 3. The van der Waals surface area contributed by atoms with Crippen molar-refractivity contribution in [1.29, 1.82) is 0 Å². The van der Waals surface area contributed by atoms with Crippen molar-refractivity contribution in [2.45, 2.75) is 25.6 Å². The molecule has 1 heterocycles. The van der Waals surface area contributed by atoms with Crippen LogP contribution in [0.25, 0.3) is 5.57 Å². The van der Waals surface area contributed by atoms with E-state index in [-0.39, 0.29) is 12.0 Å². The molecule has 1 atom stereocenters. The number of hydrogen-bond donors (Lipinski definition) is 1. The van der Waals surface area contributed by atoms with Gasteiger partial charge in [-0.2, -0.15) is 0 Å². The third-order valence-electron chi connectivity index (χ3n) is 6.03. The molecule has 1 unspecified atom stereocenters. The summed E-state index contributed by atoms with van der Waals surface area (Å²) in [5.41, 5.74) is 2.45. The minimum Gasteiger partial charge on any atom is -0.497 e. The Labute approximate surface area is 210 Å². The highest BCUT2D eigenvalue weighted by molar-refractivity contribution is 6.20. The van der Waals surface area contributed by atoms with Gasteiger partial charge in [-0.15, -0.1) is 0 Å². The number of rotatable bonds is 10. The topological polar surface area (TPSA) is 83.5 Å². The van der Waals surface area contributed by atoms with E-state index in [9.17, 15) is 9.90 Å². The van der Waals surface area contributed by atoms with Crippen LogP contribution in [0.15, 0.2) is 72.3 Å². The van der Waals surface area contributed by atoms with E-state index in [0.717, 1.165) is 17.7 Å². The SMILES string of the molecule is CCCOc1cccc(CC2=C(c3cc(OC)cc(OC)c3)C(=O)OC2(O)c2ccc(OC)cc2)c1. The Balaban J connectivity index is 1.88. The van der Waals surface area contributed by atoms with Crippen LogP contribution in [-0.4, -0.2) is 39.0 Å². The third-order valence-corrected chi connectivity index (χ3v) is 6.03. The molecule has 3 aromatic carbocycles. The molecular formula is C29H30O7. The molecule has 0 aliphatic carbocycles. The van der Waals surface area contributed by atoms with Crippen molar-refractivity contribution in [1.82, 2.24) is 0 Å². The molecule has 7 heteroatoms. The summed E-state index contributed by atoms with van der Waals surface area (Å²) in [4.78, 5) is 13.3. The number of aliphatic hydroxyl groups is 1. The predicted octanol–water partition coefficient (Wildman–Crippen LogP) is 4.90. The van der Waals surface area contributed by atoms with Gasteiger partial charge in [0, 0.05) is 23.6 Å². The van der Waals surface area contributed by atoms with E-state index in [1.165, 1.54) is 14.2 Å². The first-order valence-electron chi connectivity index (χ1n) is 11.7. The zero-order valence-electron chi connectivity index (χ0n) is 20.9. The van der Waals surface area contributed by atoms with Crippen LogP contribution >= 0.6 is 0 Å². The maximum Gasteiger partial charge on any atom is 0.342 e. The average Bonchev–Trinajstić information content (AvgIpc) is 3.17. The first-order valence-corrected chi connectivity index (χ1v) is 11.7. The third kappa shape index (κ3) is 5.02. The van der Waals surface area contributed by atoms with E-state index in [2.05, 4.69) is 0 Å². The average molecular weight is 491 g/mol. The van der Waals surface area contributed by atoms with Crippen molar-refractivity contribution in [3.05, 3.63) is 89.0 Å². The zero-order chi connectivity index (χ0) is 25.7. The van der Waals surface area contributed by atoms with Crippen molar-refractivity contribution in [2.75, 3.05) is 27.9 Å². The van der Waals surface area contributed by atoms with Crippen molar-refractivity contribution < 1.29 is 33.6 Å². The second-order valence-electron chi connectivity index (χ2n) is 8.39. The number of carbonyl (C=O) groups excluding carboxylic acids is 1. The molecule has 36 heavy (non-hydrogen) atoms. The largest absolute Gasteiger partial charge is 0.497 e. The highest BCUT2D eigenvalue weighted by atomic mass is 16.7. The van der Waals surface area contributed by atoms with Gasteiger partial charge in [0.25, 0.3) is 5.79 Å². The molecule has 0 aromatic heterocycles. The summed E-state index contributed by atoms with van der Waals surface area (Å²) < 4.78 is 27.6. The Morgan fingerprint density at radius 1 is 0.833 bits per heavy atom. The van der Waals surface area contributed by atoms with Gasteiger partial charge in [0.2, 0.25) is 0 Å². The van der Waals surface area contributed by atoms with Crippen molar-refractivity contribution >= 4 is 11.5 Å². The quantitative estimate of drug-likeness (QED) is 0.405. The standard InChI is InChI=1S/C29H30O7/c1-5-13-35-23-8-6-7-19(14-23)15-26-27(20-16-24(33-3)18-25(17-20)34-4)28(30)36-29(26,31)21-9-11-22(32-2)12-10-21/h6-12,14,16-18,31H,5,13,15H2,1-4H3. The van der Waals surface area contributed by atoms with Crippen LogP contribution in [0.3, 0.4) is 0 Å². The van der Waals surface area contributed by atoms with E-state index in [1.807, 2.05) is 31.2 Å². The number of esters is 1. The highest BCUT2D eigenvalue weighted by Gasteiger charge is 2.48. The molecule has 1 aliphatic heterocycles. The Morgan fingerprint density at radius 2 is 1.50 bits per heavy atom. The summed E-state index contributed by atoms with van der Waals surface area (Å²) >= 11 is 0. The minimum atomic E-state index is -1.98. The first kappa shape index (κ1) is 25.1. The molecular weight excluding hydrogens is 460 g/mol. The predicted molar refractivity (Wildman–Crippen MR) is 135 cm³/mol. The smallest absolute Gasteiger partial charge is 0.342 e. The molecule has 0 amide bonds. The maximum atomic E-state index is 13.3. The van der Waals surface area contributed by atoms with E-state index in [4.69, 9.17) is 23.7 Å². The fourth-order valence-corrected chi connectivity index (χ4v) is 4.21. The number of carbonyl (C=O) groups is 1. The molecule has 1 N–H and O–H groups in total. The van der Waals surface area contributed by atoms with Gasteiger partial charge < -0.3 is 28.8 Å². The van der Waals surface area contributed by atoms with Gasteiger partial charge in [-0.3, -0.25) is 0 Å². The van der Waals surface area contributed by atoms with Crippen molar-refractivity contribution in [3.8, 4) is 23.0 Å². The monoisotopic (exact) mass is 490 g/mol. The number of ether oxygens (including phenoxy) is 5. The lowest BCUT2D eigenvalue weighted by molar-refractivity contribution is -0.185. The Kier molecular flexibility index (Phi) is 7.50. The molecule has 188 valence electrons. The zero-order valence-corrected chi connectivity index (χ0v) is 20.9. The molecule has 0 fully saturated rings. The van der Waals surface area contributed by atoms with Crippen LogP contribution in [0.4, 0.5) is 0 Å². The summed E-state index contributed by atoms with van der Waals surface area (Å²) in [7, 11) is 4.64. The second-order valence-corrected chi connectivity index (χ2v) is 8.39. The van der Waals surface area contributed by atoms with Gasteiger partial charge in [0.15, 0.2) is 0 Å². The molecule has 0 radical (unpaired) electrons. The molecule has 0 spiro atoms. The van der Waals surface area contributed by atoms with E-state index in [0.29, 0.717) is 40.6 Å². The molecule has 7 nitrogen and oxygen atoms in total. The van der Waals surface area contributed by atoms with Crippen LogP contribution < -0.4 is 18.9 Å². The van der Waals surface area contributed by atoms with Crippen LogP contribution in [0.2, 0.25) is 0 Å². The van der Waals surface area contributed by atoms with Gasteiger partial charge in [0.1, 0.15) is 23.0 Å². The first-order chi connectivity index (χ1) is 17.4. The van der Waals surface area contributed by atoms with Gasteiger partial charge in [-0.1, -0.05) is 19.1 Å². The highest BCUT2D eigenvalue weighted by Crippen LogP contribution is 2.46. The Morgan fingerprint density at radius 3 is 2.11 bits per heavy atom. The lowest BCUT2D eigenvalue weighted by Gasteiger charge is -2.26. The number of cyclic esters (lactones) is 1. The van der Waals surface area contributed by atoms with Crippen LogP contribution in [0.5, 0.6) is 23.0 Å². The summed E-state index contributed by atoms with van der Waals surface area (Å²) in [6.45, 7) is 2.64. The van der Waals surface area contributed by atoms with Crippen LogP contribution in [0.1, 0.15) is 30.0 Å². The van der Waals surface area contributed by atoms with E-state index in [1.54, 1.807) is 49.6 Å². The van der Waals surface area contributed by atoms with Gasteiger partial charge >= 0.3 is 5.97 Å². The second kappa shape index (κ2) is 10.7. The molecule has 0 saturated heterocycles. The van der Waals surface area contributed by atoms with E-state index < -0.39 is 11.8 Å². The summed E-state index contributed by atoms with van der Waals surface area (Å²) in [6.07, 6.45) is 1.13. The fourth-order valence-electron chi connectivity index (χ4n) is 4.21. The van der Waals surface area contributed by atoms with Crippen LogP contribution in [0, 0.1) is 0 Å². The van der Waals surface area contributed by atoms with Gasteiger partial charge in [-0.05, 0) is 66.1 Å². The minimum absolute atomic E-state index is 0.243. The normalized spacial score (nSPS) is 17.1. The summed E-state index contributed by atoms with van der Waals surface area (Å²) in [6, 6.07) is 19.6.